The molecule has 0 aromatic rings. The maximum atomic E-state index is 11.5. The first-order chi connectivity index (χ1) is 8.51. The molecule has 0 bridgehead atoms. The van der Waals surface area contributed by atoms with Crippen LogP contribution in [0.4, 0.5) is 0 Å². The topological polar surface area (TPSA) is 38.3 Å². The summed E-state index contributed by atoms with van der Waals surface area (Å²) in [4.78, 5) is 11.5. The number of hydrogen-bond donors (Lipinski definition) is 1. The molecule has 1 N–H and O–H groups in total. The Kier molecular flexibility index (Phi) is 8.93. The van der Waals surface area contributed by atoms with Crippen LogP contribution in [0.25, 0.3) is 0 Å². The Morgan fingerprint density at radius 1 is 1.22 bits per heavy atom. The summed E-state index contributed by atoms with van der Waals surface area (Å²) < 4.78 is 4.80. The molecule has 0 aromatic carbocycles. The van der Waals surface area contributed by atoms with E-state index in [2.05, 4.69) is 33.0 Å². The number of methoxy groups -OCH3 is 1. The number of unbranched alkanes of at least 4 members (excludes halogenated alkanes) is 1. The van der Waals surface area contributed by atoms with E-state index in [0.717, 1.165) is 18.5 Å². The Morgan fingerprint density at radius 3 is 2.39 bits per heavy atom. The highest BCUT2D eigenvalue weighted by Gasteiger charge is 2.01. The summed E-state index contributed by atoms with van der Waals surface area (Å²) >= 11 is 0. The first kappa shape index (κ1) is 16.6. The van der Waals surface area contributed by atoms with E-state index in [-0.39, 0.29) is 12.5 Å². The van der Waals surface area contributed by atoms with E-state index >= 15 is 0 Å². The molecule has 0 aliphatic rings. The van der Waals surface area contributed by atoms with Crippen molar-refractivity contribution in [3.05, 3.63) is 35.1 Å². The van der Waals surface area contributed by atoms with Gasteiger partial charge in [-0.3, -0.25) is 4.79 Å². The average Bonchev–Trinajstić information content (AvgIpc) is 2.32. The van der Waals surface area contributed by atoms with Crippen molar-refractivity contribution in [2.24, 2.45) is 0 Å². The number of ether oxygens (including phenoxy) is 1. The van der Waals surface area contributed by atoms with Crippen molar-refractivity contribution in [1.82, 2.24) is 5.32 Å². The highest BCUT2D eigenvalue weighted by molar-refractivity contribution is 5.79. The lowest BCUT2D eigenvalue weighted by Gasteiger charge is -2.06. The number of nitrogens with one attached hydrogen (secondary N) is 1. The highest BCUT2D eigenvalue weighted by Crippen LogP contribution is 2.06. The quantitative estimate of drug-likeness (QED) is 0.705. The number of carbonyl (C=O) groups excluding carboxylic acids is 1. The fourth-order valence-corrected chi connectivity index (χ4v) is 1.17. The molecule has 3 heteroatoms. The van der Waals surface area contributed by atoms with Gasteiger partial charge in [-0.05, 0) is 33.3 Å². The van der Waals surface area contributed by atoms with Crippen LogP contribution in [-0.2, 0) is 9.53 Å². The van der Waals surface area contributed by atoms with Crippen molar-refractivity contribution in [3.8, 4) is 0 Å². The summed E-state index contributed by atoms with van der Waals surface area (Å²) in [5, 5.41) is 2.83. The molecule has 0 saturated heterocycles. The third kappa shape index (κ3) is 7.85. The van der Waals surface area contributed by atoms with Gasteiger partial charge in [-0.25, -0.2) is 0 Å². The van der Waals surface area contributed by atoms with Gasteiger partial charge in [0.05, 0.1) is 0 Å². The molecule has 1 amide bonds. The van der Waals surface area contributed by atoms with Gasteiger partial charge < -0.3 is 10.1 Å². The Bertz CT molecular complexity index is 348. The first-order valence-corrected chi connectivity index (χ1v) is 6.32. The summed E-state index contributed by atoms with van der Waals surface area (Å²) in [6, 6.07) is 0. The van der Waals surface area contributed by atoms with E-state index in [0.29, 0.717) is 0 Å². The predicted octanol–water partition coefficient (Wildman–Crippen LogP) is 3.35. The minimum Gasteiger partial charge on any atom is -0.375 e. The number of allylic oxidation sites excluding steroid dienone is 5. The number of rotatable bonds is 7. The third-order valence-corrected chi connectivity index (χ3v) is 2.51. The van der Waals surface area contributed by atoms with Gasteiger partial charge in [0.1, 0.15) is 6.61 Å². The minimum absolute atomic E-state index is 0.0823. The summed E-state index contributed by atoms with van der Waals surface area (Å²) in [5.74, 6) is -0.126. The Labute approximate surface area is 111 Å². The fourth-order valence-electron chi connectivity index (χ4n) is 1.17. The molecular weight excluding hydrogens is 226 g/mol. The largest absolute Gasteiger partial charge is 0.375 e. The van der Waals surface area contributed by atoms with Crippen molar-refractivity contribution < 1.29 is 9.53 Å². The lowest BCUT2D eigenvalue weighted by Crippen LogP contribution is -2.25. The molecule has 0 saturated carbocycles. The van der Waals surface area contributed by atoms with Crippen LogP contribution in [-0.4, -0.2) is 19.6 Å². The Balaban J connectivity index is 4.70. The van der Waals surface area contributed by atoms with Crippen molar-refractivity contribution in [2.45, 2.75) is 40.5 Å². The summed E-state index contributed by atoms with van der Waals surface area (Å²) in [6.45, 7) is 8.38. The summed E-state index contributed by atoms with van der Waals surface area (Å²) in [7, 11) is 1.51. The van der Waals surface area contributed by atoms with E-state index in [4.69, 9.17) is 4.74 Å². The second kappa shape index (κ2) is 9.66. The molecule has 0 aliphatic heterocycles. The van der Waals surface area contributed by atoms with Crippen LogP contribution in [0.3, 0.4) is 0 Å². The molecule has 102 valence electrons. The third-order valence-electron chi connectivity index (χ3n) is 2.51. The van der Waals surface area contributed by atoms with Crippen LogP contribution in [0, 0.1) is 0 Å². The predicted molar refractivity (Wildman–Crippen MR) is 76.2 cm³/mol. The summed E-state index contributed by atoms with van der Waals surface area (Å²) in [5.41, 5.74) is 3.31. The minimum atomic E-state index is -0.126. The van der Waals surface area contributed by atoms with Gasteiger partial charge in [0.25, 0.3) is 0 Å². The molecule has 0 radical (unpaired) electrons. The van der Waals surface area contributed by atoms with Gasteiger partial charge in [0.2, 0.25) is 5.91 Å². The maximum Gasteiger partial charge on any atom is 0.250 e. The molecule has 0 aromatic heterocycles. The van der Waals surface area contributed by atoms with Crippen molar-refractivity contribution >= 4 is 5.91 Å². The van der Waals surface area contributed by atoms with E-state index in [9.17, 15) is 4.79 Å². The Hall–Kier alpha value is -1.35. The van der Waals surface area contributed by atoms with Gasteiger partial charge in [-0.15, -0.1) is 0 Å². The van der Waals surface area contributed by atoms with Crippen LogP contribution in [0.5, 0.6) is 0 Å². The molecule has 0 rings (SSSR count). The smallest absolute Gasteiger partial charge is 0.250 e. The van der Waals surface area contributed by atoms with Gasteiger partial charge in [0, 0.05) is 12.8 Å². The first-order valence-electron chi connectivity index (χ1n) is 6.32. The van der Waals surface area contributed by atoms with Crippen LogP contribution in [0.2, 0.25) is 0 Å². The van der Waals surface area contributed by atoms with Crippen molar-refractivity contribution in [3.63, 3.8) is 0 Å². The van der Waals surface area contributed by atoms with Crippen LogP contribution in [0.15, 0.2) is 35.1 Å². The highest BCUT2D eigenvalue weighted by atomic mass is 16.5. The zero-order valence-corrected chi connectivity index (χ0v) is 12.2. The van der Waals surface area contributed by atoms with Gasteiger partial charge in [0.15, 0.2) is 0 Å². The molecule has 0 heterocycles. The zero-order chi connectivity index (χ0) is 14.0. The number of carbonyl (C=O) groups is 1. The average molecular weight is 251 g/mol. The fraction of sp³-hybridized carbons (Fsp3) is 0.533. The number of amides is 1. The number of hydrogen-bond acceptors (Lipinski definition) is 2. The van der Waals surface area contributed by atoms with Crippen LogP contribution in [0.1, 0.15) is 40.5 Å². The molecule has 0 aliphatic carbocycles. The van der Waals surface area contributed by atoms with E-state index < -0.39 is 0 Å². The molecule has 0 spiro atoms. The molecule has 0 fully saturated rings. The second-order valence-electron chi connectivity index (χ2n) is 4.45. The normalized spacial score (nSPS) is 11.7. The SMILES string of the molecule is CCC/C=C(/C=C\C(C)=C(C)C)NC(=O)COC. The van der Waals surface area contributed by atoms with Crippen LogP contribution < -0.4 is 5.32 Å². The maximum absolute atomic E-state index is 11.5. The van der Waals surface area contributed by atoms with Crippen molar-refractivity contribution in [1.29, 1.82) is 0 Å². The van der Waals surface area contributed by atoms with Gasteiger partial charge in [-0.2, -0.15) is 0 Å². The lowest BCUT2D eigenvalue weighted by molar-refractivity contribution is -0.123. The lowest BCUT2D eigenvalue weighted by atomic mass is 10.1. The van der Waals surface area contributed by atoms with E-state index in [1.54, 1.807) is 0 Å². The van der Waals surface area contributed by atoms with E-state index in [1.807, 2.05) is 18.2 Å². The van der Waals surface area contributed by atoms with Gasteiger partial charge >= 0.3 is 0 Å². The molecule has 0 unspecified atom stereocenters. The van der Waals surface area contributed by atoms with Gasteiger partial charge in [-0.1, -0.05) is 36.6 Å². The molecule has 3 nitrogen and oxygen atoms in total. The van der Waals surface area contributed by atoms with E-state index in [1.165, 1.54) is 18.3 Å². The zero-order valence-electron chi connectivity index (χ0n) is 12.2. The monoisotopic (exact) mass is 251 g/mol. The molecule has 0 atom stereocenters. The second-order valence-corrected chi connectivity index (χ2v) is 4.45. The Morgan fingerprint density at radius 2 is 1.89 bits per heavy atom. The standard InChI is InChI=1S/C15H25NO2/c1-6-7-8-14(16-15(17)11-18-5)10-9-13(4)12(2)3/h8-10H,6-7,11H2,1-5H3,(H,16,17)/b10-9-,14-8-. The molecule has 18 heavy (non-hydrogen) atoms. The van der Waals surface area contributed by atoms with Crippen molar-refractivity contribution in [2.75, 3.05) is 13.7 Å². The summed E-state index contributed by atoms with van der Waals surface area (Å²) in [6.07, 6.45) is 7.98. The molecular formula is C15H25NO2. The van der Waals surface area contributed by atoms with Crippen LogP contribution >= 0.6 is 0 Å².